The van der Waals surface area contributed by atoms with E-state index in [1.165, 1.54) is 17.4 Å². The number of amides is 1. The van der Waals surface area contributed by atoms with Crippen LogP contribution in [0.25, 0.3) is 6.08 Å². The van der Waals surface area contributed by atoms with E-state index < -0.39 is 0 Å². The van der Waals surface area contributed by atoms with E-state index in [9.17, 15) is 4.79 Å². The fourth-order valence-corrected chi connectivity index (χ4v) is 3.00. The predicted molar refractivity (Wildman–Crippen MR) is 87.6 cm³/mol. The van der Waals surface area contributed by atoms with Crippen LogP contribution < -0.4 is 5.32 Å². The predicted octanol–water partition coefficient (Wildman–Crippen LogP) is 4.54. The summed E-state index contributed by atoms with van der Waals surface area (Å²) in [6, 6.07) is 9.34. The van der Waals surface area contributed by atoms with Crippen LogP contribution in [0.15, 0.2) is 30.3 Å². The molecule has 1 heterocycles. The van der Waals surface area contributed by atoms with Gasteiger partial charge in [-0.2, -0.15) is 5.26 Å². The minimum absolute atomic E-state index is 0.271. The second-order valence-electron chi connectivity index (χ2n) is 4.48. The zero-order valence-electron chi connectivity index (χ0n) is 11.6. The van der Waals surface area contributed by atoms with Gasteiger partial charge in [-0.1, -0.05) is 23.7 Å². The first kappa shape index (κ1) is 15.3. The molecule has 1 N–H and O–H groups in total. The van der Waals surface area contributed by atoms with Crippen molar-refractivity contribution in [1.82, 2.24) is 0 Å². The molecule has 0 saturated heterocycles. The fourth-order valence-electron chi connectivity index (χ4n) is 1.79. The summed E-state index contributed by atoms with van der Waals surface area (Å²) in [5.41, 5.74) is 2.29. The molecule has 5 heteroatoms. The molecular weight excluding hydrogens is 304 g/mol. The first-order valence-corrected chi connectivity index (χ1v) is 7.45. The number of nitrogens with zero attached hydrogens (tertiary/aromatic N) is 1. The molecule has 1 aromatic heterocycles. The van der Waals surface area contributed by atoms with E-state index in [4.69, 9.17) is 16.9 Å². The van der Waals surface area contributed by atoms with Gasteiger partial charge in [-0.25, -0.2) is 0 Å². The summed E-state index contributed by atoms with van der Waals surface area (Å²) in [5, 5.41) is 13.1. The van der Waals surface area contributed by atoms with E-state index in [2.05, 4.69) is 11.4 Å². The summed E-state index contributed by atoms with van der Waals surface area (Å²) >= 11 is 7.29. The number of rotatable bonds is 3. The molecule has 2 aromatic rings. The normalized spacial score (nSPS) is 10.6. The van der Waals surface area contributed by atoms with Crippen molar-refractivity contribution in [3.63, 3.8) is 0 Å². The lowest BCUT2D eigenvalue weighted by Gasteiger charge is -1.99. The Bertz CT molecular complexity index is 756. The topological polar surface area (TPSA) is 52.9 Å². The van der Waals surface area contributed by atoms with E-state index in [1.54, 1.807) is 18.2 Å². The SMILES string of the molecule is Cc1sc(NC(=O)C=Cc2cccc(Cl)c2)c(C#N)c1C. The van der Waals surface area contributed by atoms with Gasteiger partial charge in [0.1, 0.15) is 11.1 Å². The molecule has 0 saturated carbocycles. The van der Waals surface area contributed by atoms with E-state index in [0.717, 1.165) is 16.0 Å². The van der Waals surface area contributed by atoms with Crippen molar-refractivity contribution in [2.45, 2.75) is 13.8 Å². The van der Waals surface area contributed by atoms with Gasteiger partial charge in [0.25, 0.3) is 0 Å². The van der Waals surface area contributed by atoms with Crippen LogP contribution in [-0.2, 0) is 4.79 Å². The Kier molecular flexibility index (Phi) is 4.79. The Morgan fingerprint density at radius 2 is 2.19 bits per heavy atom. The van der Waals surface area contributed by atoms with E-state index >= 15 is 0 Å². The van der Waals surface area contributed by atoms with Crippen molar-refractivity contribution in [3.05, 3.63) is 56.9 Å². The van der Waals surface area contributed by atoms with Gasteiger partial charge < -0.3 is 5.32 Å². The molecule has 0 fully saturated rings. The van der Waals surface area contributed by atoms with Gasteiger partial charge in [0, 0.05) is 16.0 Å². The average Bonchev–Trinajstić information content (AvgIpc) is 2.71. The van der Waals surface area contributed by atoms with Crippen LogP contribution >= 0.6 is 22.9 Å². The first-order valence-electron chi connectivity index (χ1n) is 6.26. The Morgan fingerprint density at radius 3 is 2.86 bits per heavy atom. The molecule has 0 spiro atoms. The number of thiophene rings is 1. The summed E-state index contributed by atoms with van der Waals surface area (Å²) < 4.78 is 0. The first-order chi connectivity index (χ1) is 10.0. The Morgan fingerprint density at radius 1 is 1.43 bits per heavy atom. The summed E-state index contributed by atoms with van der Waals surface area (Å²) in [6.07, 6.45) is 3.11. The average molecular weight is 317 g/mol. The zero-order chi connectivity index (χ0) is 15.4. The highest BCUT2D eigenvalue weighted by Crippen LogP contribution is 2.31. The minimum Gasteiger partial charge on any atom is -0.313 e. The quantitative estimate of drug-likeness (QED) is 0.845. The molecule has 3 nitrogen and oxygen atoms in total. The molecule has 106 valence electrons. The lowest BCUT2D eigenvalue weighted by atomic mass is 10.2. The van der Waals surface area contributed by atoms with Crippen LogP contribution in [0.5, 0.6) is 0 Å². The molecule has 0 aliphatic heterocycles. The van der Waals surface area contributed by atoms with Crippen LogP contribution in [-0.4, -0.2) is 5.91 Å². The monoisotopic (exact) mass is 316 g/mol. The third-order valence-corrected chi connectivity index (χ3v) is 4.37. The molecule has 0 unspecified atom stereocenters. The molecule has 0 aliphatic carbocycles. The smallest absolute Gasteiger partial charge is 0.249 e. The number of nitrogens with one attached hydrogen (secondary N) is 1. The largest absolute Gasteiger partial charge is 0.313 e. The van der Waals surface area contributed by atoms with Gasteiger partial charge in [0.05, 0.1) is 5.56 Å². The second kappa shape index (κ2) is 6.57. The third kappa shape index (κ3) is 3.72. The highest BCUT2D eigenvalue weighted by molar-refractivity contribution is 7.16. The Balaban J connectivity index is 2.13. The maximum absolute atomic E-state index is 11.9. The summed E-state index contributed by atoms with van der Waals surface area (Å²) in [5.74, 6) is -0.271. The van der Waals surface area contributed by atoms with Crippen molar-refractivity contribution >= 4 is 39.9 Å². The van der Waals surface area contributed by atoms with Crippen molar-refractivity contribution < 1.29 is 4.79 Å². The number of carbonyl (C=O) groups is 1. The van der Waals surface area contributed by atoms with E-state index in [1.807, 2.05) is 26.0 Å². The summed E-state index contributed by atoms with van der Waals surface area (Å²) in [7, 11) is 0. The lowest BCUT2D eigenvalue weighted by molar-refractivity contribution is -0.111. The van der Waals surface area contributed by atoms with Crippen LogP contribution in [0.1, 0.15) is 21.6 Å². The Labute approximate surface area is 132 Å². The van der Waals surface area contributed by atoms with Gasteiger partial charge in [-0.3, -0.25) is 4.79 Å². The van der Waals surface area contributed by atoms with Crippen LogP contribution in [0, 0.1) is 25.2 Å². The van der Waals surface area contributed by atoms with Crippen molar-refractivity contribution in [1.29, 1.82) is 5.26 Å². The maximum atomic E-state index is 11.9. The van der Waals surface area contributed by atoms with Crippen LogP contribution in [0.4, 0.5) is 5.00 Å². The van der Waals surface area contributed by atoms with Crippen molar-refractivity contribution in [2.75, 3.05) is 5.32 Å². The molecular formula is C16H13ClN2OS. The molecule has 2 rings (SSSR count). The summed E-state index contributed by atoms with van der Waals surface area (Å²) in [4.78, 5) is 13.0. The highest BCUT2D eigenvalue weighted by atomic mass is 35.5. The van der Waals surface area contributed by atoms with Gasteiger partial charge in [0.15, 0.2) is 0 Å². The van der Waals surface area contributed by atoms with Gasteiger partial charge in [-0.15, -0.1) is 11.3 Å². The standard InChI is InChI=1S/C16H13ClN2OS/c1-10-11(2)21-16(14(10)9-18)19-15(20)7-6-12-4-3-5-13(17)8-12/h3-8H,1-2H3,(H,19,20). The molecule has 21 heavy (non-hydrogen) atoms. The molecule has 0 aliphatic rings. The van der Waals surface area contributed by atoms with E-state index in [-0.39, 0.29) is 5.91 Å². The molecule has 0 bridgehead atoms. The van der Waals surface area contributed by atoms with Crippen LogP contribution in [0.3, 0.4) is 0 Å². The summed E-state index contributed by atoms with van der Waals surface area (Å²) in [6.45, 7) is 3.81. The number of benzene rings is 1. The third-order valence-electron chi connectivity index (χ3n) is 3.01. The van der Waals surface area contributed by atoms with Crippen molar-refractivity contribution in [3.8, 4) is 6.07 Å². The zero-order valence-corrected chi connectivity index (χ0v) is 13.2. The highest BCUT2D eigenvalue weighted by Gasteiger charge is 2.13. The van der Waals surface area contributed by atoms with Gasteiger partial charge >= 0.3 is 0 Å². The van der Waals surface area contributed by atoms with Gasteiger partial charge in [-0.05, 0) is 43.2 Å². The molecule has 1 amide bonds. The number of hydrogen-bond acceptors (Lipinski definition) is 3. The number of aryl methyl sites for hydroxylation is 1. The second-order valence-corrected chi connectivity index (χ2v) is 6.14. The number of halogens is 1. The van der Waals surface area contributed by atoms with Gasteiger partial charge in [0.2, 0.25) is 5.91 Å². The molecule has 1 aromatic carbocycles. The van der Waals surface area contributed by atoms with Crippen molar-refractivity contribution in [2.24, 2.45) is 0 Å². The number of nitriles is 1. The molecule has 0 radical (unpaired) electrons. The number of hydrogen-bond donors (Lipinski definition) is 1. The maximum Gasteiger partial charge on any atom is 0.249 e. The molecule has 0 atom stereocenters. The fraction of sp³-hybridized carbons (Fsp3) is 0.125. The number of anilines is 1. The Hall–Kier alpha value is -2.09. The van der Waals surface area contributed by atoms with E-state index in [0.29, 0.717) is 15.6 Å². The number of carbonyl (C=O) groups excluding carboxylic acids is 1. The lowest BCUT2D eigenvalue weighted by Crippen LogP contribution is -2.07. The minimum atomic E-state index is -0.271. The van der Waals surface area contributed by atoms with Crippen LogP contribution in [0.2, 0.25) is 5.02 Å².